The number of aryl methyl sites for hydroxylation is 1. The van der Waals surface area contributed by atoms with Crippen LogP contribution >= 0.6 is 0 Å². The molecule has 0 fully saturated rings. The lowest BCUT2D eigenvalue weighted by atomic mass is 10.1. The van der Waals surface area contributed by atoms with Gasteiger partial charge in [0.05, 0.1) is 0 Å². The number of hydrogen-bond donors (Lipinski definition) is 2. The molecule has 2 N–H and O–H groups in total. The molecule has 2 nitrogen and oxygen atoms in total. The van der Waals surface area contributed by atoms with Crippen molar-refractivity contribution >= 4 is 21.8 Å². The Morgan fingerprint density at radius 1 is 0.950 bits per heavy atom. The molecule has 0 unspecified atom stereocenters. The van der Waals surface area contributed by atoms with Crippen LogP contribution in [0.2, 0.25) is 0 Å². The molecule has 0 aliphatic heterocycles. The van der Waals surface area contributed by atoms with E-state index in [4.69, 9.17) is 0 Å². The molecule has 0 amide bonds. The van der Waals surface area contributed by atoms with Crippen LogP contribution in [-0.2, 0) is 6.42 Å². The Balaban J connectivity index is 1.78. The number of H-pyrrole nitrogens is 2. The zero-order valence-electron chi connectivity index (χ0n) is 11.4. The summed E-state index contributed by atoms with van der Waals surface area (Å²) in [6.07, 6.45) is 3.05. The molecule has 20 heavy (non-hydrogen) atoms. The molecule has 98 valence electrons. The van der Waals surface area contributed by atoms with E-state index < -0.39 is 0 Å². The largest absolute Gasteiger partial charge is 0.361 e. The van der Waals surface area contributed by atoms with Gasteiger partial charge in [0.15, 0.2) is 0 Å². The van der Waals surface area contributed by atoms with E-state index in [1.807, 2.05) is 0 Å². The first-order chi connectivity index (χ1) is 9.79. The monoisotopic (exact) mass is 260 g/mol. The van der Waals surface area contributed by atoms with Gasteiger partial charge < -0.3 is 9.97 Å². The molecule has 0 aliphatic carbocycles. The van der Waals surface area contributed by atoms with E-state index in [-0.39, 0.29) is 0 Å². The molecule has 2 heterocycles. The van der Waals surface area contributed by atoms with E-state index in [9.17, 15) is 0 Å². The van der Waals surface area contributed by atoms with Gasteiger partial charge in [0, 0.05) is 34.7 Å². The lowest BCUT2D eigenvalue weighted by molar-refractivity contribution is 1.13. The van der Waals surface area contributed by atoms with E-state index >= 15 is 0 Å². The maximum absolute atomic E-state index is 3.50. The molecule has 0 radical (unpaired) electrons. The van der Waals surface area contributed by atoms with Gasteiger partial charge in [-0.05, 0) is 42.1 Å². The Labute approximate surface area is 117 Å². The molecule has 0 saturated carbocycles. The summed E-state index contributed by atoms with van der Waals surface area (Å²) in [7, 11) is 0. The second-order valence-corrected chi connectivity index (χ2v) is 5.42. The average molecular weight is 260 g/mol. The van der Waals surface area contributed by atoms with E-state index in [2.05, 4.69) is 71.6 Å². The Hall–Kier alpha value is -2.48. The zero-order valence-corrected chi connectivity index (χ0v) is 11.4. The molecule has 0 saturated heterocycles. The highest BCUT2D eigenvalue weighted by Crippen LogP contribution is 2.23. The second-order valence-electron chi connectivity index (χ2n) is 5.42. The fourth-order valence-corrected chi connectivity index (χ4v) is 2.87. The Bertz CT molecular complexity index is 863. The number of benzene rings is 2. The number of aromatic nitrogens is 2. The van der Waals surface area contributed by atoms with Gasteiger partial charge >= 0.3 is 0 Å². The van der Waals surface area contributed by atoms with Crippen molar-refractivity contribution in [2.24, 2.45) is 0 Å². The van der Waals surface area contributed by atoms with Gasteiger partial charge in [0.25, 0.3) is 0 Å². The predicted molar refractivity (Wildman–Crippen MR) is 84.1 cm³/mol. The quantitative estimate of drug-likeness (QED) is 0.530. The van der Waals surface area contributed by atoms with Crippen molar-refractivity contribution in [3.05, 3.63) is 71.5 Å². The molecule has 4 rings (SSSR count). The third-order valence-electron chi connectivity index (χ3n) is 3.89. The van der Waals surface area contributed by atoms with Crippen LogP contribution in [0, 0.1) is 6.92 Å². The minimum atomic E-state index is 0.929. The highest BCUT2D eigenvalue weighted by molar-refractivity contribution is 5.85. The van der Waals surface area contributed by atoms with Crippen LogP contribution < -0.4 is 0 Å². The van der Waals surface area contributed by atoms with Gasteiger partial charge in [-0.15, -0.1) is 0 Å². The van der Waals surface area contributed by atoms with E-state index in [1.165, 1.54) is 38.6 Å². The number of hydrogen-bond acceptors (Lipinski definition) is 0. The van der Waals surface area contributed by atoms with Crippen molar-refractivity contribution in [2.45, 2.75) is 13.3 Å². The topological polar surface area (TPSA) is 31.6 Å². The fraction of sp³-hybridized carbons (Fsp3) is 0.111. The minimum Gasteiger partial charge on any atom is -0.361 e. The van der Waals surface area contributed by atoms with E-state index in [0.717, 1.165) is 6.42 Å². The van der Waals surface area contributed by atoms with E-state index in [1.54, 1.807) is 0 Å². The highest BCUT2D eigenvalue weighted by Gasteiger charge is 2.07. The highest BCUT2D eigenvalue weighted by atomic mass is 14.7. The molecule has 0 bridgehead atoms. The summed E-state index contributed by atoms with van der Waals surface area (Å²) >= 11 is 0. The van der Waals surface area contributed by atoms with Gasteiger partial charge in [0.2, 0.25) is 0 Å². The standard InChI is InChI=1S/C18H16N2/c1-12-6-7-18-16(8-12)14(11-19-18)10-15-9-13-4-2-3-5-17(13)20-15/h2-9,11,19-20H,10H2,1H3. The Kier molecular flexibility index (Phi) is 2.43. The second kappa shape index (κ2) is 4.27. The summed E-state index contributed by atoms with van der Waals surface area (Å²) in [4.78, 5) is 6.85. The van der Waals surface area contributed by atoms with Crippen molar-refractivity contribution in [2.75, 3.05) is 0 Å². The number of fused-ring (bicyclic) bond motifs is 2. The van der Waals surface area contributed by atoms with Crippen LogP contribution in [0.15, 0.2) is 54.7 Å². The molecule has 0 aliphatic rings. The predicted octanol–water partition coefficient (Wildman–Crippen LogP) is 4.55. The smallest absolute Gasteiger partial charge is 0.0457 e. The number of nitrogens with one attached hydrogen (secondary N) is 2. The van der Waals surface area contributed by atoms with Crippen LogP contribution in [-0.4, -0.2) is 9.97 Å². The summed E-state index contributed by atoms with van der Waals surface area (Å²) in [5.74, 6) is 0. The van der Waals surface area contributed by atoms with Crippen LogP contribution in [0.5, 0.6) is 0 Å². The van der Waals surface area contributed by atoms with Crippen molar-refractivity contribution in [1.82, 2.24) is 9.97 Å². The average Bonchev–Trinajstić information content (AvgIpc) is 3.03. The first kappa shape index (κ1) is 11.4. The normalized spacial score (nSPS) is 11.4. The molecular formula is C18H16N2. The number of rotatable bonds is 2. The summed E-state index contributed by atoms with van der Waals surface area (Å²) < 4.78 is 0. The van der Waals surface area contributed by atoms with Gasteiger partial charge in [0.1, 0.15) is 0 Å². The van der Waals surface area contributed by atoms with Crippen molar-refractivity contribution in [3.8, 4) is 0 Å². The zero-order chi connectivity index (χ0) is 13.5. The summed E-state index contributed by atoms with van der Waals surface area (Å²) in [5, 5.41) is 2.60. The van der Waals surface area contributed by atoms with Crippen LogP contribution in [0.25, 0.3) is 21.8 Å². The van der Waals surface area contributed by atoms with Gasteiger partial charge in [-0.3, -0.25) is 0 Å². The van der Waals surface area contributed by atoms with Crippen molar-refractivity contribution < 1.29 is 0 Å². The third-order valence-corrected chi connectivity index (χ3v) is 3.89. The molecule has 4 aromatic rings. The molecule has 0 atom stereocenters. The third kappa shape index (κ3) is 1.81. The van der Waals surface area contributed by atoms with Gasteiger partial charge in [-0.2, -0.15) is 0 Å². The lowest BCUT2D eigenvalue weighted by Gasteiger charge is -1.98. The molecule has 0 spiro atoms. The summed E-state index contributed by atoms with van der Waals surface area (Å²) in [6.45, 7) is 2.14. The Morgan fingerprint density at radius 2 is 1.85 bits per heavy atom. The van der Waals surface area contributed by atoms with Crippen LogP contribution in [0.4, 0.5) is 0 Å². The first-order valence-electron chi connectivity index (χ1n) is 6.93. The fourth-order valence-electron chi connectivity index (χ4n) is 2.87. The summed E-state index contributed by atoms with van der Waals surface area (Å²) in [5.41, 5.74) is 6.32. The first-order valence-corrected chi connectivity index (χ1v) is 6.93. The van der Waals surface area contributed by atoms with Crippen LogP contribution in [0.1, 0.15) is 16.8 Å². The molecule has 2 heteroatoms. The molecule has 2 aromatic heterocycles. The van der Waals surface area contributed by atoms with E-state index in [0.29, 0.717) is 0 Å². The maximum Gasteiger partial charge on any atom is 0.0457 e. The van der Waals surface area contributed by atoms with Crippen LogP contribution in [0.3, 0.4) is 0 Å². The summed E-state index contributed by atoms with van der Waals surface area (Å²) in [6, 6.07) is 17.2. The van der Waals surface area contributed by atoms with Crippen molar-refractivity contribution in [3.63, 3.8) is 0 Å². The SMILES string of the molecule is Cc1ccc2[nH]cc(Cc3cc4ccccc4[nH]3)c2c1. The van der Waals surface area contributed by atoms with Gasteiger partial charge in [-0.1, -0.05) is 29.8 Å². The van der Waals surface area contributed by atoms with Gasteiger partial charge in [-0.25, -0.2) is 0 Å². The minimum absolute atomic E-state index is 0.929. The maximum atomic E-state index is 3.50. The number of aromatic amines is 2. The Morgan fingerprint density at radius 3 is 2.75 bits per heavy atom. The van der Waals surface area contributed by atoms with Crippen molar-refractivity contribution in [1.29, 1.82) is 0 Å². The lowest BCUT2D eigenvalue weighted by Crippen LogP contribution is -1.86. The molecule has 2 aromatic carbocycles. The molecular weight excluding hydrogens is 244 g/mol. The number of para-hydroxylation sites is 1.